The van der Waals surface area contributed by atoms with E-state index in [9.17, 15) is 13.6 Å². The largest absolute Gasteiger partial charge is 0.291 e. The van der Waals surface area contributed by atoms with Crippen LogP contribution in [0.15, 0.2) is 0 Å². The third-order valence-corrected chi connectivity index (χ3v) is 2.35. The van der Waals surface area contributed by atoms with Gasteiger partial charge in [0.05, 0.1) is 0 Å². The van der Waals surface area contributed by atoms with Crippen LogP contribution in [0.1, 0.15) is 45.4 Å². The Hall–Kier alpha value is -0.120. The van der Waals surface area contributed by atoms with E-state index in [2.05, 4.69) is 6.92 Å². The number of halogens is 2. The molecule has 0 aromatic heterocycles. The van der Waals surface area contributed by atoms with Crippen molar-refractivity contribution >= 4 is 16.9 Å². The number of carbonyl (C=O) groups is 1. The summed E-state index contributed by atoms with van der Waals surface area (Å²) in [4.78, 5) is 10.8. The SMILES string of the molecule is CCCCCCCC(=O)SC(F)F. The van der Waals surface area contributed by atoms with E-state index in [-0.39, 0.29) is 16.9 Å². The zero-order valence-corrected chi connectivity index (χ0v) is 8.71. The molecule has 0 aliphatic heterocycles. The molecular weight excluding hydrogens is 194 g/mol. The molecule has 0 atom stereocenters. The van der Waals surface area contributed by atoms with Crippen molar-refractivity contribution in [2.24, 2.45) is 0 Å². The van der Waals surface area contributed by atoms with Crippen LogP contribution in [-0.4, -0.2) is 10.9 Å². The summed E-state index contributed by atoms with van der Waals surface area (Å²) >= 11 is 0.146. The first-order valence-corrected chi connectivity index (χ1v) is 5.52. The third kappa shape index (κ3) is 9.80. The smallest absolute Gasteiger partial charge is 0.287 e. The van der Waals surface area contributed by atoms with E-state index in [1.807, 2.05) is 0 Å². The molecule has 0 aliphatic rings. The third-order valence-electron chi connectivity index (χ3n) is 1.70. The van der Waals surface area contributed by atoms with Gasteiger partial charge < -0.3 is 0 Å². The molecule has 0 bridgehead atoms. The van der Waals surface area contributed by atoms with Crippen molar-refractivity contribution in [2.75, 3.05) is 0 Å². The van der Waals surface area contributed by atoms with E-state index in [0.717, 1.165) is 32.1 Å². The maximum atomic E-state index is 11.7. The normalized spacial score (nSPS) is 10.8. The first-order chi connectivity index (χ1) is 6.16. The molecule has 13 heavy (non-hydrogen) atoms. The Bertz CT molecular complexity index is 140. The number of alkyl halides is 2. The molecule has 1 nitrogen and oxygen atoms in total. The zero-order chi connectivity index (χ0) is 10.1. The van der Waals surface area contributed by atoms with Gasteiger partial charge in [-0.05, 0) is 18.2 Å². The fraction of sp³-hybridized carbons (Fsp3) is 0.889. The second kappa shape index (κ2) is 8.48. The monoisotopic (exact) mass is 210 g/mol. The van der Waals surface area contributed by atoms with E-state index in [1.165, 1.54) is 0 Å². The number of rotatable bonds is 7. The van der Waals surface area contributed by atoms with Crippen LogP contribution in [0.5, 0.6) is 0 Å². The fourth-order valence-corrected chi connectivity index (χ4v) is 1.49. The lowest BCUT2D eigenvalue weighted by Gasteiger charge is -1.99. The maximum Gasteiger partial charge on any atom is 0.291 e. The summed E-state index contributed by atoms with van der Waals surface area (Å²) in [5, 5.41) is -0.383. The predicted octanol–water partition coefficient (Wildman–Crippen LogP) is 3.83. The number of thioether (sulfide) groups is 1. The van der Waals surface area contributed by atoms with Gasteiger partial charge in [0.25, 0.3) is 5.76 Å². The van der Waals surface area contributed by atoms with Crippen LogP contribution < -0.4 is 0 Å². The highest BCUT2D eigenvalue weighted by atomic mass is 32.2. The van der Waals surface area contributed by atoms with Crippen molar-refractivity contribution in [3.63, 3.8) is 0 Å². The Morgan fingerprint density at radius 3 is 2.38 bits per heavy atom. The summed E-state index contributed by atoms with van der Waals surface area (Å²) in [5.74, 6) is -2.55. The molecule has 0 spiro atoms. The minimum absolute atomic E-state index is 0.146. The molecule has 0 aromatic carbocycles. The van der Waals surface area contributed by atoms with E-state index in [0.29, 0.717) is 6.42 Å². The van der Waals surface area contributed by atoms with Crippen LogP contribution in [0, 0.1) is 0 Å². The standard InChI is InChI=1S/C9H16F2OS/c1-2-3-4-5-6-7-8(12)13-9(10)11/h9H,2-7H2,1H3. The lowest BCUT2D eigenvalue weighted by Crippen LogP contribution is -1.95. The van der Waals surface area contributed by atoms with Crippen LogP contribution in [0.2, 0.25) is 0 Å². The number of carbonyl (C=O) groups excluding carboxylic acids is 1. The van der Waals surface area contributed by atoms with Gasteiger partial charge in [0.1, 0.15) is 0 Å². The van der Waals surface area contributed by atoms with Gasteiger partial charge in [0, 0.05) is 6.42 Å². The molecule has 0 saturated heterocycles. The summed E-state index contributed by atoms with van der Waals surface area (Å²) in [6.45, 7) is 2.11. The number of hydrogen-bond acceptors (Lipinski definition) is 2. The van der Waals surface area contributed by atoms with Gasteiger partial charge in [-0.3, -0.25) is 4.79 Å². The van der Waals surface area contributed by atoms with Gasteiger partial charge in [0.15, 0.2) is 5.12 Å². The molecule has 0 fully saturated rings. The molecule has 0 amide bonds. The highest BCUT2D eigenvalue weighted by Crippen LogP contribution is 2.18. The van der Waals surface area contributed by atoms with Gasteiger partial charge in [-0.25, -0.2) is 0 Å². The number of unbranched alkanes of at least 4 members (excludes halogenated alkanes) is 4. The summed E-state index contributed by atoms with van der Waals surface area (Å²) < 4.78 is 23.3. The first-order valence-electron chi connectivity index (χ1n) is 4.64. The molecule has 0 saturated carbocycles. The average molecular weight is 210 g/mol. The first kappa shape index (κ1) is 12.9. The second-order valence-electron chi connectivity index (χ2n) is 2.91. The van der Waals surface area contributed by atoms with Crippen molar-refractivity contribution in [2.45, 2.75) is 51.2 Å². The van der Waals surface area contributed by atoms with Gasteiger partial charge in [-0.1, -0.05) is 32.6 Å². The lowest BCUT2D eigenvalue weighted by atomic mass is 10.1. The van der Waals surface area contributed by atoms with Gasteiger partial charge in [0.2, 0.25) is 0 Å². The quantitative estimate of drug-likeness (QED) is 0.594. The highest BCUT2D eigenvalue weighted by Gasteiger charge is 2.10. The predicted molar refractivity (Wildman–Crippen MR) is 52.0 cm³/mol. The Morgan fingerprint density at radius 2 is 1.85 bits per heavy atom. The van der Waals surface area contributed by atoms with Crippen LogP contribution in [-0.2, 0) is 4.79 Å². The van der Waals surface area contributed by atoms with Gasteiger partial charge in [-0.2, -0.15) is 8.78 Å². The van der Waals surface area contributed by atoms with E-state index in [1.54, 1.807) is 0 Å². The summed E-state index contributed by atoms with van der Waals surface area (Å²) in [6.07, 6.45) is 5.43. The van der Waals surface area contributed by atoms with Crippen LogP contribution >= 0.6 is 11.8 Å². The van der Waals surface area contributed by atoms with Crippen molar-refractivity contribution < 1.29 is 13.6 Å². The summed E-state index contributed by atoms with van der Waals surface area (Å²) in [6, 6.07) is 0. The zero-order valence-electron chi connectivity index (χ0n) is 7.89. The molecule has 0 aliphatic carbocycles. The minimum Gasteiger partial charge on any atom is -0.287 e. The molecule has 4 heteroatoms. The van der Waals surface area contributed by atoms with Crippen LogP contribution in [0.4, 0.5) is 8.78 Å². The maximum absolute atomic E-state index is 11.7. The molecule has 0 N–H and O–H groups in total. The van der Waals surface area contributed by atoms with Crippen molar-refractivity contribution in [1.82, 2.24) is 0 Å². The lowest BCUT2D eigenvalue weighted by molar-refractivity contribution is -0.111. The molecule has 0 aromatic rings. The van der Waals surface area contributed by atoms with Crippen LogP contribution in [0.25, 0.3) is 0 Å². The van der Waals surface area contributed by atoms with E-state index < -0.39 is 5.76 Å². The molecule has 78 valence electrons. The number of hydrogen-bond donors (Lipinski definition) is 0. The Labute approximate surface area is 82.3 Å². The van der Waals surface area contributed by atoms with E-state index >= 15 is 0 Å². The van der Waals surface area contributed by atoms with Crippen molar-refractivity contribution in [3.8, 4) is 0 Å². The average Bonchev–Trinajstić information content (AvgIpc) is 2.02. The van der Waals surface area contributed by atoms with Gasteiger partial charge in [-0.15, -0.1) is 0 Å². The Morgan fingerprint density at radius 1 is 1.23 bits per heavy atom. The molecular formula is C9H16F2OS. The Balaban J connectivity index is 3.17. The fourth-order valence-electron chi connectivity index (χ4n) is 1.03. The van der Waals surface area contributed by atoms with E-state index in [4.69, 9.17) is 0 Å². The van der Waals surface area contributed by atoms with Crippen molar-refractivity contribution in [3.05, 3.63) is 0 Å². The topological polar surface area (TPSA) is 17.1 Å². The molecule has 0 unspecified atom stereocenters. The van der Waals surface area contributed by atoms with Crippen LogP contribution in [0.3, 0.4) is 0 Å². The summed E-state index contributed by atoms with van der Waals surface area (Å²) in [7, 11) is 0. The molecule has 0 rings (SSSR count). The highest BCUT2D eigenvalue weighted by molar-refractivity contribution is 8.13. The van der Waals surface area contributed by atoms with Crippen molar-refractivity contribution in [1.29, 1.82) is 0 Å². The second-order valence-corrected chi connectivity index (χ2v) is 3.96. The minimum atomic E-state index is -2.55. The molecule has 0 heterocycles. The molecule has 0 radical (unpaired) electrons. The summed E-state index contributed by atoms with van der Waals surface area (Å²) in [5.41, 5.74) is 0. The Kier molecular flexibility index (Phi) is 8.40. The van der Waals surface area contributed by atoms with Gasteiger partial charge >= 0.3 is 0 Å².